The summed E-state index contributed by atoms with van der Waals surface area (Å²) in [4.78, 5) is 0. The predicted molar refractivity (Wildman–Crippen MR) is 193 cm³/mol. The van der Waals surface area contributed by atoms with Crippen molar-refractivity contribution in [2.24, 2.45) is 0 Å². The molecule has 2 aliphatic heterocycles. The molecule has 0 fully saturated rings. The molecule has 8 aromatic rings. The van der Waals surface area contributed by atoms with Gasteiger partial charge in [0.25, 0.3) is 0 Å². The van der Waals surface area contributed by atoms with Crippen LogP contribution in [-0.4, -0.2) is 4.57 Å². The van der Waals surface area contributed by atoms with Crippen LogP contribution >= 0.6 is 0 Å². The van der Waals surface area contributed by atoms with Crippen molar-refractivity contribution in [2.75, 3.05) is 0 Å². The van der Waals surface area contributed by atoms with Gasteiger partial charge in [0, 0.05) is 34.0 Å². The molecule has 5 heterocycles. The van der Waals surface area contributed by atoms with Crippen molar-refractivity contribution in [2.45, 2.75) is 52.1 Å². The van der Waals surface area contributed by atoms with Gasteiger partial charge in [-0.05, 0) is 72.9 Å². The number of aryl methyl sites for hydroxylation is 1. The molecule has 10 rings (SSSR count). The van der Waals surface area contributed by atoms with Crippen molar-refractivity contribution in [1.29, 1.82) is 0 Å². The fourth-order valence-corrected chi connectivity index (χ4v) is 8.89. The molecule has 0 bridgehead atoms. The summed E-state index contributed by atoms with van der Waals surface area (Å²) in [6.07, 6.45) is 2.27. The molecule has 0 radical (unpaired) electrons. The molecular weight excluding hydrogens is 587 g/mol. The predicted octanol–water partition coefficient (Wildman–Crippen LogP) is 9.92. The van der Waals surface area contributed by atoms with Crippen LogP contribution in [0.5, 0.6) is 0 Å². The lowest BCUT2D eigenvalue weighted by molar-refractivity contribution is -0.733. The van der Waals surface area contributed by atoms with E-state index in [4.69, 9.17) is 4.42 Å². The first-order valence-corrected chi connectivity index (χ1v) is 17.2. The largest absolute Gasteiger partial charge is 0.455 e. The summed E-state index contributed by atoms with van der Waals surface area (Å²) in [6.45, 7) is 11.5. The molecule has 4 heteroatoms. The molecule has 4 nitrogen and oxygen atoms in total. The van der Waals surface area contributed by atoms with Gasteiger partial charge in [-0.15, -0.1) is 9.13 Å². The summed E-state index contributed by atoms with van der Waals surface area (Å²) in [5.74, 6) is 1.83. The molecule has 0 saturated heterocycles. The monoisotopic (exact) mass is 623 g/mol. The zero-order chi connectivity index (χ0) is 32.5. The number of furan rings is 1. The Kier molecular flexibility index (Phi) is 5.49. The highest BCUT2D eigenvalue weighted by Gasteiger charge is 2.66. The van der Waals surface area contributed by atoms with Crippen molar-refractivity contribution in [1.82, 2.24) is 4.57 Å². The van der Waals surface area contributed by atoms with Gasteiger partial charge < -0.3 is 4.42 Å². The summed E-state index contributed by atoms with van der Waals surface area (Å²) < 4.78 is 14.7. The number of fused-ring (bicyclic) bond motifs is 16. The molecule has 0 aliphatic carbocycles. The molecule has 0 amide bonds. The number of imidazole rings is 1. The van der Waals surface area contributed by atoms with E-state index in [9.17, 15) is 0 Å². The molecule has 1 unspecified atom stereocenters. The number of pyridine rings is 1. The Balaban J connectivity index is 1.51. The number of para-hydroxylation sites is 2. The first-order chi connectivity index (χ1) is 23.4. The first kappa shape index (κ1) is 27.6. The second-order valence-corrected chi connectivity index (χ2v) is 14.2. The molecule has 1 atom stereocenters. The summed E-state index contributed by atoms with van der Waals surface area (Å²) in [5, 5.41) is 2.29. The van der Waals surface area contributed by atoms with Crippen molar-refractivity contribution in [3.05, 3.63) is 149 Å². The molecule has 2 aliphatic rings. The van der Waals surface area contributed by atoms with Crippen molar-refractivity contribution in [3.63, 3.8) is 0 Å². The minimum Gasteiger partial charge on any atom is -0.455 e. The van der Waals surface area contributed by atoms with Crippen LogP contribution in [0.15, 0.2) is 126 Å². The Hall–Kier alpha value is -5.48. The van der Waals surface area contributed by atoms with E-state index >= 15 is 0 Å². The van der Waals surface area contributed by atoms with E-state index < -0.39 is 5.66 Å². The van der Waals surface area contributed by atoms with Gasteiger partial charge in [0.05, 0.1) is 16.7 Å². The highest BCUT2D eigenvalue weighted by atomic mass is 16.3. The highest BCUT2D eigenvalue weighted by molar-refractivity contribution is 6.11. The third kappa shape index (κ3) is 3.25. The Bertz CT molecular complexity index is 2580. The van der Waals surface area contributed by atoms with Gasteiger partial charge in [0.1, 0.15) is 16.8 Å². The van der Waals surface area contributed by atoms with Crippen LogP contribution in [0.4, 0.5) is 0 Å². The fraction of sp³-hybridized carbons (Fsp3) is 0.182. The van der Waals surface area contributed by atoms with Gasteiger partial charge in [0.15, 0.2) is 22.8 Å². The number of aromatic nitrogens is 3. The maximum atomic E-state index is 6.96. The number of nitrogens with zero attached hydrogens (tertiary/aromatic N) is 3. The van der Waals surface area contributed by atoms with E-state index in [1.165, 1.54) is 55.8 Å². The number of benzene rings is 5. The Morgan fingerprint density at radius 3 is 2.25 bits per heavy atom. The van der Waals surface area contributed by atoms with E-state index in [1.54, 1.807) is 0 Å². The average molecular weight is 624 g/mol. The normalized spacial score (nSPS) is 16.1. The maximum absolute atomic E-state index is 6.96. The minimum atomic E-state index is -0.660. The Morgan fingerprint density at radius 2 is 1.44 bits per heavy atom. The summed E-state index contributed by atoms with van der Waals surface area (Å²) >= 11 is 0. The molecule has 0 saturated carbocycles. The van der Waals surface area contributed by atoms with E-state index in [1.807, 2.05) is 0 Å². The van der Waals surface area contributed by atoms with Gasteiger partial charge >= 0.3 is 11.5 Å². The van der Waals surface area contributed by atoms with Crippen LogP contribution < -0.4 is 9.13 Å². The summed E-state index contributed by atoms with van der Waals surface area (Å²) in [7, 11) is 0. The molecule has 3 aromatic heterocycles. The molecule has 1 spiro atoms. The van der Waals surface area contributed by atoms with Crippen LogP contribution in [0, 0.1) is 6.92 Å². The average Bonchev–Trinajstić information content (AvgIpc) is 3.81. The third-order valence-electron chi connectivity index (χ3n) is 10.9. The van der Waals surface area contributed by atoms with E-state index in [0.29, 0.717) is 11.8 Å². The quantitative estimate of drug-likeness (QED) is 0.180. The summed E-state index contributed by atoms with van der Waals surface area (Å²) in [6, 6.07) is 42.6. The van der Waals surface area contributed by atoms with Gasteiger partial charge in [-0.3, -0.25) is 0 Å². The smallest absolute Gasteiger partial charge is 0.364 e. The SMILES string of the molecule is Cc1ccc2c(c1)n1c([n+]2-c2c(C(C)C)cccc2C(C)C)-c2c(ccc3c2oc2ccccc23)C12c1ccccc1-c1cccc[n+]12. The second kappa shape index (κ2) is 9.54. The Labute approximate surface area is 280 Å². The molecule has 5 aromatic carbocycles. The topological polar surface area (TPSA) is 25.8 Å². The lowest BCUT2D eigenvalue weighted by Crippen LogP contribution is -2.58. The maximum Gasteiger partial charge on any atom is 0.364 e. The number of hydrogen-bond donors (Lipinski definition) is 0. The molecule has 232 valence electrons. The van der Waals surface area contributed by atoms with Gasteiger partial charge in [-0.2, -0.15) is 4.57 Å². The fourth-order valence-electron chi connectivity index (χ4n) is 8.89. The van der Waals surface area contributed by atoms with Crippen LogP contribution in [0.25, 0.3) is 61.3 Å². The standard InChI is InChI=1S/C44H37N3O/c1-26(2)29-15-12-16-30(27(3)4)41(29)46-37-23-20-28(5)25-38(37)47-43(46)40-35(22-21-32-31-13-7-9-19-39(31)48-42(32)40)44(47)34-17-8-6-14-33(34)36-18-10-11-24-45(36)44/h6-27H,1-5H3/q+2. The van der Waals surface area contributed by atoms with Gasteiger partial charge in [0.2, 0.25) is 5.69 Å². The van der Waals surface area contributed by atoms with E-state index in [0.717, 1.165) is 33.3 Å². The highest BCUT2D eigenvalue weighted by Crippen LogP contribution is 2.55. The van der Waals surface area contributed by atoms with Crippen molar-refractivity contribution >= 4 is 33.0 Å². The molecular formula is C44H37N3O+2. The number of hydrogen-bond acceptors (Lipinski definition) is 1. The van der Waals surface area contributed by atoms with Crippen LogP contribution in [0.2, 0.25) is 0 Å². The van der Waals surface area contributed by atoms with Crippen LogP contribution in [0.1, 0.15) is 67.3 Å². The lowest BCUT2D eigenvalue weighted by Gasteiger charge is -2.20. The zero-order valence-electron chi connectivity index (χ0n) is 28.0. The van der Waals surface area contributed by atoms with Crippen LogP contribution in [0.3, 0.4) is 0 Å². The van der Waals surface area contributed by atoms with Crippen LogP contribution in [-0.2, 0) is 5.66 Å². The Morgan fingerprint density at radius 1 is 0.688 bits per heavy atom. The lowest BCUT2D eigenvalue weighted by atomic mass is 9.88. The van der Waals surface area contributed by atoms with Crippen molar-refractivity contribution in [3.8, 4) is 28.3 Å². The third-order valence-corrected chi connectivity index (χ3v) is 10.9. The minimum absolute atomic E-state index is 0.335. The van der Waals surface area contributed by atoms with Crippen molar-refractivity contribution < 1.29 is 13.6 Å². The van der Waals surface area contributed by atoms with Gasteiger partial charge in [-0.25, -0.2) is 0 Å². The van der Waals surface area contributed by atoms with Gasteiger partial charge in [-0.1, -0.05) is 82.3 Å². The molecule has 0 N–H and O–H groups in total. The zero-order valence-corrected chi connectivity index (χ0v) is 28.0. The summed E-state index contributed by atoms with van der Waals surface area (Å²) in [5.41, 5.74) is 15.0. The molecule has 48 heavy (non-hydrogen) atoms. The second-order valence-electron chi connectivity index (χ2n) is 14.2. The number of rotatable bonds is 3. The van der Waals surface area contributed by atoms with E-state index in [-0.39, 0.29) is 0 Å². The van der Waals surface area contributed by atoms with E-state index in [2.05, 4.69) is 170 Å². The first-order valence-electron chi connectivity index (χ1n) is 17.2.